The summed E-state index contributed by atoms with van der Waals surface area (Å²) in [5, 5.41) is 0. The lowest BCUT2D eigenvalue weighted by atomic mass is 10.1. The summed E-state index contributed by atoms with van der Waals surface area (Å²) in [6.07, 6.45) is 4.23. The normalized spacial score (nSPS) is 10.4. The van der Waals surface area contributed by atoms with Crippen LogP contribution in [0.1, 0.15) is 12.5 Å². The molecule has 1 aromatic rings. The van der Waals surface area contributed by atoms with Gasteiger partial charge in [0.2, 0.25) is 0 Å². The Hall–Kier alpha value is -1.57. The minimum Gasteiger partial charge on any atom is -0.497 e. The molecule has 0 heterocycles. The van der Waals surface area contributed by atoms with Gasteiger partial charge in [0.15, 0.2) is 5.78 Å². The Morgan fingerprint density at radius 1 is 1.36 bits per heavy atom. The van der Waals surface area contributed by atoms with Crippen molar-refractivity contribution in [3.05, 3.63) is 42.0 Å². The van der Waals surface area contributed by atoms with Gasteiger partial charge in [-0.3, -0.25) is 4.79 Å². The molecule has 74 valence electrons. The van der Waals surface area contributed by atoms with Gasteiger partial charge in [-0.05, 0) is 37.1 Å². The van der Waals surface area contributed by atoms with E-state index in [9.17, 15) is 4.79 Å². The number of carbonyl (C=O) groups excluding carboxylic acids is 1. The fourth-order valence-electron chi connectivity index (χ4n) is 1.12. The second-order valence-corrected chi connectivity index (χ2v) is 3.07. The van der Waals surface area contributed by atoms with Gasteiger partial charge in [0, 0.05) is 0 Å². The summed E-state index contributed by atoms with van der Waals surface area (Å²) in [6.45, 7) is 1.55. The third kappa shape index (κ3) is 3.44. The molecule has 0 N–H and O–H groups in total. The van der Waals surface area contributed by atoms with Gasteiger partial charge < -0.3 is 4.74 Å². The van der Waals surface area contributed by atoms with Crippen molar-refractivity contribution in [2.24, 2.45) is 0 Å². The van der Waals surface area contributed by atoms with Crippen LogP contribution in [-0.2, 0) is 11.2 Å². The van der Waals surface area contributed by atoms with Crippen molar-refractivity contribution in [2.75, 3.05) is 7.11 Å². The number of hydrogen-bond donors (Lipinski definition) is 0. The number of benzene rings is 1. The zero-order valence-corrected chi connectivity index (χ0v) is 8.49. The van der Waals surface area contributed by atoms with Crippen molar-refractivity contribution >= 4 is 5.78 Å². The van der Waals surface area contributed by atoms with Gasteiger partial charge in [0.1, 0.15) is 5.75 Å². The Morgan fingerprint density at radius 3 is 2.50 bits per heavy atom. The fourth-order valence-corrected chi connectivity index (χ4v) is 1.12. The highest BCUT2D eigenvalue weighted by atomic mass is 16.5. The first-order chi connectivity index (χ1) is 6.72. The van der Waals surface area contributed by atoms with Crippen LogP contribution < -0.4 is 4.74 Å². The summed E-state index contributed by atoms with van der Waals surface area (Å²) in [5.41, 5.74) is 1.17. The van der Waals surface area contributed by atoms with E-state index in [1.54, 1.807) is 20.1 Å². The average molecular weight is 190 g/mol. The maximum Gasteiger partial charge on any atom is 0.152 e. The second kappa shape index (κ2) is 5.22. The van der Waals surface area contributed by atoms with Crippen LogP contribution in [0.15, 0.2) is 36.4 Å². The van der Waals surface area contributed by atoms with Crippen molar-refractivity contribution in [3.8, 4) is 5.75 Å². The first-order valence-electron chi connectivity index (χ1n) is 4.52. The molecule has 0 saturated heterocycles. The SMILES string of the molecule is COc1ccc(CC=CC(C)=O)cc1. The number of carbonyl (C=O) groups is 1. The molecule has 0 spiro atoms. The summed E-state index contributed by atoms with van der Waals surface area (Å²) in [4.78, 5) is 10.6. The maximum atomic E-state index is 10.6. The van der Waals surface area contributed by atoms with Crippen LogP contribution >= 0.6 is 0 Å². The molecule has 14 heavy (non-hydrogen) atoms. The maximum absolute atomic E-state index is 10.6. The van der Waals surface area contributed by atoms with Gasteiger partial charge in [-0.2, -0.15) is 0 Å². The molecule has 0 unspecified atom stereocenters. The van der Waals surface area contributed by atoms with Crippen LogP contribution in [0.4, 0.5) is 0 Å². The van der Waals surface area contributed by atoms with Crippen LogP contribution in [0, 0.1) is 0 Å². The Bertz CT molecular complexity index is 323. The van der Waals surface area contributed by atoms with E-state index >= 15 is 0 Å². The molecule has 0 radical (unpaired) electrons. The highest BCUT2D eigenvalue weighted by Gasteiger charge is 1.91. The third-order valence-corrected chi connectivity index (χ3v) is 1.87. The molecule has 0 amide bonds. The summed E-state index contributed by atoms with van der Waals surface area (Å²) >= 11 is 0. The van der Waals surface area contributed by atoms with Gasteiger partial charge >= 0.3 is 0 Å². The molecule has 1 rings (SSSR count). The molecule has 0 bridgehead atoms. The van der Waals surface area contributed by atoms with Crippen LogP contribution in [0.2, 0.25) is 0 Å². The van der Waals surface area contributed by atoms with Crippen LogP contribution in [0.5, 0.6) is 5.75 Å². The fraction of sp³-hybridized carbons (Fsp3) is 0.250. The summed E-state index contributed by atoms with van der Waals surface area (Å²) in [6, 6.07) is 7.81. The van der Waals surface area contributed by atoms with Crippen LogP contribution in [-0.4, -0.2) is 12.9 Å². The van der Waals surface area contributed by atoms with E-state index in [1.807, 2.05) is 30.3 Å². The zero-order valence-electron chi connectivity index (χ0n) is 8.49. The van der Waals surface area contributed by atoms with E-state index in [0.717, 1.165) is 12.2 Å². The predicted octanol–water partition coefficient (Wildman–Crippen LogP) is 2.38. The smallest absolute Gasteiger partial charge is 0.152 e. The largest absolute Gasteiger partial charge is 0.497 e. The monoisotopic (exact) mass is 190 g/mol. The van der Waals surface area contributed by atoms with E-state index in [2.05, 4.69) is 0 Å². The van der Waals surface area contributed by atoms with Crippen LogP contribution in [0.25, 0.3) is 0 Å². The number of allylic oxidation sites excluding steroid dienone is 2. The van der Waals surface area contributed by atoms with E-state index in [0.29, 0.717) is 0 Å². The summed E-state index contributed by atoms with van der Waals surface area (Å²) in [7, 11) is 1.64. The lowest BCUT2D eigenvalue weighted by molar-refractivity contribution is -0.112. The molecule has 0 aliphatic heterocycles. The second-order valence-electron chi connectivity index (χ2n) is 3.07. The molecular weight excluding hydrogens is 176 g/mol. The van der Waals surface area contributed by atoms with E-state index in [1.165, 1.54) is 5.56 Å². The van der Waals surface area contributed by atoms with Crippen molar-refractivity contribution in [2.45, 2.75) is 13.3 Å². The zero-order chi connectivity index (χ0) is 10.4. The topological polar surface area (TPSA) is 26.3 Å². The van der Waals surface area contributed by atoms with Crippen molar-refractivity contribution in [1.82, 2.24) is 0 Å². The number of ether oxygens (including phenoxy) is 1. The van der Waals surface area contributed by atoms with Gasteiger partial charge in [-0.15, -0.1) is 0 Å². The minimum absolute atomic E-state index is 0.0820. The highest BCUT2D eigenvalue weighted by molar-refractivity contribution is 5.87. The Morgan fingerprint density at radius 2 is 2.00 bits per heavy atom. The van der Waals surface area contributed by atoms with E-state index in [-0.39, 0.29) is 5.78 Å². The number of methoxy groups -OCH3 is 1. The molecule has 0 aromatic heterocycles. The molecule has 2 heteroatoms. The quantitative estimate of drug-likeness (QED) is 0.681. The van der Waals surface area contributed by atoms with Crippen molar-refractivity contribution in [1.29, 1.82) is 0 Å². The standard InChI is InChI=1S/C12H14O2/c1-10(13)4-3-5-11-6-8-12(14-2)9-7-11/h3-4,6-9H,5H2,1-2H3. The molecule has 0 aliphatic rings. The highest BCUT2D eigenvalue weighted by Crippen LogP contribution is 2.11. The molecule has 0 saturated carbocycles. The Balaban J connectivity index is 2.56. The molecule has 0 aliphatic carbocycles. The molecule has 0 fully saturated rings. The van der Waals surface area contributed by atoms with E-state index < -0.39 is 0 Å². The van der Waals surface area contributed by atoms with Gasteiger partial charge in [-0.25, -0.2) is 0 Å². The Kier molecular flexibility index (Phi) is 3.92. The lowest BCUT2D eigenvalue weighted by Gasteiger charge is -2.00. The summed E-state index contributed by atoms with van der Waals surface area (Å²) in [5.74, 6) is 0.933. The number of rotatable bonds is 4. The van der Waals surface area contributed by atoms with E-state index in [4.69, 9.17) is 4.74 Å². The molecule has 2 nitrogen and oxygen atoms in total. The average Bonchev–Trinajstić information content (AvgIpc) is 2.18. The molecule has 1 aromatic carbocycles. The van der Waals surface area contributed by atoms with Gasteiger partial charge in [0.25, 0.3) is 0 Å². The van der Waals surface area contributed by atoms with Crippen molar-refractivity contribution < 1.29 is 9.53 Å². The number of ketones is 1. The molecule has 0 atom stereocenters. The third-order valence-electron chi connectivity index (χ3n) is 1.87. The first kappa shape index (κ1) is 10.5. The minimum atomic E-state index is 0.0820. The first-order valence-corrected chi connectivity index (χ1v) is 4.52. The Labute approximate surface area is 84.2 Å². The van der Waals surface area contributed by atoms with Gasteiger partial charge in [0.05, 0.1) is 7.11 Å². The predicted molar refractivity (Wildman–Crippen MR) is 56.5 cm³/mol. The lowest BCUT2D eigenvalue weighted by Crippen LogP contribution is -1.86. The summed E-state index contributed by atoms with van der Waals surface area (Å²) < 4.78 is 5.04. The molecular formula is C12H14O2. The van der Waals surface area contributed by atoms with Crippen LogP contribution in [0.3, 0.4) is 0 Å². The van der Waals surface area contributed by atoms with Crippen molar-refractivity contribution in [3.63, 3.8) is 0 Å². The number of hydrogen-bond acceptors (Lipinski definition) is 2. The van der Waals surface area contributed by atoms with Gasteiger partial charge in [-0.1, -0.05) is 18.2 Å².